The number of amides is 2. The Hall–Kier alpha value is -2.44. The number of fused-ring (bicyclic) bond motifs is 1. The van der Waals surface area contributed by atoms with Gasteiger partial charge in [-0.1, -0.05) is 30.3 Å². The van der Waals surface area contributed by atoms with Crippen LogP contribution in [-0.4, -0.2) is 62.5 Å². The summed E-state index contributed by atoms with van der Waals surface area (Å²) < 4.78 is 0. The van der Waals surface area contributed by atoms with Crippen molar-refractivity contribution in [1.82, 2.24) is 20.9 Å². The lowest BCUT2D eigenvalue weighted by Gasteiger charge is -2.27. The van der Waals surface area contributed by atoms with Crippen LogP contribution in [0.25, 0.3) is 10.8 Å². The second-order valence-electron chi connectivity index (χ2n) is 6.51. The Kier molecular flexibility index (Phi) is 6.57. The van der Waals surface area contributed by atoms with E-state index < -0.39 is 0 Å². The Balaban J connectivity index is 1.36. The summed E-state index contributed by atoms with van der Waals surface area (Å²) in [5, 5.41) is 11.2. The molecule has 0 radical (unpaired) electrons. The molecule has 0 bridgehead atoms. The highest BCUT2D eigenvalue weighted by atomic mass is 16.2. The number of carbonyl (C=O) groups excluding carboxylic acids is 2. The van der Waals surface area contributed by atoms with Crippen molar-refractivity contribution in [1.29, 1.82) is 0 Å². The summed E-state index contributed by atoms with van der Waals surface area (Å²) in [6, 6.07) is 13.5. The minimum Gasteiger partial charge on any atom is -0.355 e. The average Bonchev–Trinajstić information content (AvgIpc) is 2.68. The van der Waals surface area contributed by atoms with Gasteiger partial charge < -0.3 is 16.0 Å². The van der Waals surface area contributed by atoms with Crippen LogP contribution in [0.1, 0.15) is 16.8 Å². The van der Waals surface area contributed by atoms with Gasteiger partial charge in [-0.15, -0.1) is 0 Å². The maximum atomic E-state index is 12.2. The average molecular weight is 354 g/mol. The lowest BCUT2D eigenvalue weighted by atomic mass is 10.1. The molecule has 6 heteroatoms. The molecule has 0 aromatic heterocycles. The molecule has 3 rings (SSSR count). The van der Waals surface area contributed by atoms with Crippen LogP contribution in [0.2, 0.25) is 0 Å². The van der Waals surface area contributed by atoms with E-state index in [1.165, 1.54) is 0 Å². The van der Waals surface area contributed by atoms with E-state index in [9.17, 15) is 9.59 Å². The number of hydrogen-bond donors (Lipinski definition) is 3. The zero-order chi connectivity index (χ0) is 18.2. The third-order valence-corrected chi connectivity index (χ3v) is 4.61. The summed E-state index contributed by atoms with van der Waals surface area (Å²) in [7, 11) is 0. The molecule has 3 N–H and O–H groups in total. The first-order valence-electron chi connectivity index (χ1n) is 9.19. The zero-order valence-electron chi connectivity index (χ0n) is 15.0. The fourth-order valence-electron chi connectivity index (χ4n) is 3.10. The van der Waals surface area contributed by atoms with E-state index >= 15 is 0 Å². The number of rotatable bonds is 7. The maximum Gasteiger partial charge on any atom is 0.251 e. The Labute approximate surface area is 153 Å². The summed E-state index contributed by atoms with van der Waals surface area (Å²) in [5.41, 5.74) is 0.614. The van der Waals surface area contributed by atoms with E-state index in [1.54, 1.807) is 0 Å². The van der Waals surface area contributed by atoms with Crippen molar-refractivity contribution in [3.8, 4) is 0 Å². The van der Waals surface area contributed by atoms with Crippen molar-refractivity contribution in [3.05, 3.63) is 48.0 Å². The fourth-order valence-corrected chi connectivity index (χ4v) is 3.10. The van der Waals surface area contributed by atoms with Crippen LogP contribution in [0.3, 0.4) is 0 Å². The van der Waals surface area contributed by atoms with E-state index in [-0.39, 0.29) is 11.8 Å². The highest BCUT2D eigenvalue weighted by Gasteiger charge is 2.10. The standard InChI is InChI=1S/C20H26N4O2/c25-19(22-11-14-24-12-9-21-10-13-24)7-8-23-20(26)18-6-5-16-3-1-2-4-17(16)15-18/h1-6,15,21H,7-14H2,(H,22,25)(H,23,26). The quantitative estimate of drug-likeness (QED) is 0.693. The number of hydrogen-bond acceptors (Lipinski definition) is 4. The number of nitrogens with one attached hydrogen (secondary N) is 3. The lowest BCUT2D eigenvalue weighted by molar-refractivity contribution is -0.121. The lowest BCUT2D eigenvalue weighted by Crippen LogP contribution is -2.46. The first kappa shape index (κ1) is 18.4. The van der Waals surface area contributed by atoms with Gasteiger partial charge in [0, 0.05) is 57.8 Å². The van der Waals surface area contributed by atoms with Gasteiger partial charge in [0.25, 0.3) is 5.91 Å². The predicted octanol–water partition coefficient (Wildman–Crippen LogP) is 0.981. The first-order chi connectivity index (χ1) is 12.7. The number of benzene rings is 2. The summed E-state index contributed by atoms with van der Waals surface area (Å²) in [4.78, 5) is 26.5. The van der Waals surface area contributed by atoms with Crippen LogP contribution in [-0.2, 0) is 4.79 Å². The van der Waals surface area contributed by atoms with Crippen LogP contribution in [0, 0.1) is 0 Å². The maximum absolute atomic E-state index is 12.2. The van der Waals surface area contributed by atoms with E-state index in [0.717, 1.165) is 43.5 Å². The number of nitrogens with zero attached hydrogens (tertiary/aromatic N) is 1. The van der Waals surface area contributed by atoms with E-state index in [4.69, 9.17) is 0 Å². The van der Waals surface area contributed by atoms with Crippen molar-refractivity contribution < 1.29 is 9.59 Å². The molecule has 0 atom stereocenters. The Morgan fingerprint density at radius 1 is 0.962 bits per heavy atom. The minimum absolute atomic E-state index is 0.0288. The highest BCUT2D eigenvalue weighted by Crippen LogP contribution is 2.15. The normalized spacial score (nSPS) is 14.9. The van der Waals surface area contributed by atoms with Crippen molar-refractivity contribution in [3.63, 3.8) is 0 Å². The van der Waals surface area contributed by atoms with Crippen LogP contribution in [0.4, 0.5) is 0 Å². The molecule has 0 unspecified atom stereocenters. The van der Waals surface area contributed by atoms with Gasteiger partial charge >= 0.3 is 0 Å². The molecule has 1 heterocycles. The molecule has 6 nitrogen and oxygen atoms in total. The van der Waals surface area contributed by atoms with Gasteiger partial charge in [-0.2, -0.15) is 0 Å². The monoisotopic (exact) mass is 354 g/mol. The van der Waals surface area contributed by atoms with Crippen molar-refractivity contribution in [2.45, 2.75) is 6.42 Å². The molecule has 1 aliphatic rings. The molecular formula is C20H26N4O2. The first-order valence-corrected chi connectivity index (χ1v) is 9.19. The summed E-state index contributed by atoms with van der Waals surface area (Å²) >= 11 is 0. The molecule has 138 valence electrons. The van der Waals surface area contributed by atoms with Gasteiger partial charge in [0.2, 0.25) is 5.91 Å². The third kappa shape index (κ3) is 5.28. The Morgan fingerprint density at radius 2 is 1.73 bits per heavy atom. The second kappa shape index (κ2) is 9.31. The van der Waals surface area contributed by atoms with Gasteiger partial charge in [-0.3, -0.25) is 14.5 Å². The molecule has 2 aromatic carbocycles. The molecule has 1 aliphatic heterocycles. The van der Waals surface area contributed by atoms with Gasteiger partial charge in [-0.25, -0.2) is 0 Å². The fraction of sp³-hybridized carbons (Fsp3) is 0.400. The molecule has 0 saturated carbocycles. The van der Waals surface area contributed by atoms with Crippen molar-refractivity contribution >= 4 is 22.6 Å². The van der Waals surface area contributed by atoms with E-state index in [2.05, 4.69) is 20.9 Å². The summed E-state index contributed by atoms with van der Waals surface area (Å²) in [6.45, 7) is 5.93. The molecular weight excluding hydrogens is 328 g/mol. The van der Waals surface area contributed by atoms with Gasteiger partial charge in [0.1, 0.15) is 0 Å². The van der Waals surface area contributed by atoms with Gasteiger partial charge in [-0.05, 0) is 22.9 Å². The predicted molar refractivity (Wildman–Crippen MR) is 103 cm³/mol. The Morgan fingerprint density at radius 3 is 2.54 bits per heavy atom. The van der Waals surface area contributed by atoms with Crippen LogP contribution >= 0.6 is 0 Å². The number of carbonyl (C=O) groups is 2. The second-order valence-corrected chi connectivity index (χ2v) is 6.51. The number of piperazine rings is 1. The molecule has 1 fully saturated rings. The third-order valence-electron chi connectivity index (χ3n) is 4.61. The molecule has 2 aromatic rings. The minimum atomic E-state index is -0.149. The van der Waals surface area contributed by atoms with E-state index in [1.807, 2.05) is 42.5 Å². The van der Waals surface area contributed by atoms with Crippen LogP contribution < -0.4 is 16.0 Å². The summed E-state index contributed by atoms with van der Waals surface area (Å²) in [6.07, 6.45) is 0.293. The SMILES string of the molecule is O=C(CCNC(=O)c1ccc2ccccc2c1)NCCN1CCNCC1. The van der Waals surface area contributed by atoms with Crippen LogP contribution in [0.15, 0.2) is 42.5 Å². The molecule has 0 aliphatic carbocycles. The topological polar surface area (TPSA) is 73.5 Å². The van der Waals surface area contributed by atoms with Gasteiger partial charge in [0.15, 0.2) is 0 Å². The largest absolute Gasteiger partial charge is 0.355 e. The van der Waals surface area contributed by atoms with E-state index in [0.29, 0.717) is 25.1 Å². The molecule has 0 spiro atoms. The van der Waals surface area contributed by atoms with Crippen molar-refractivity contribution in [2.24, 2.45) is 0 Å². The van der Waals surface area contributed by atoms with Gasteiger partial charge in [0.05, 0.1) is 0 Å². The Bertz CT molecular complexity index is 756. The molecule has 2 amide bonds. The molecule has 26 heavy (non-hydrogen) atoms. The highest BCUT2D eigenvalue weighted by molar-refractivity contribution is 5.98. The zero-order valence-corrected chi connectivity index (χ0v) is 15.0. The van der Waals surface area contributed by atoms with Crippen molar-refractivity contribution in [2.75, 3.05) is 45.8 Å². The molecule has 1 saturated heterocycles. The summed E-state index contributed by atoms with van der Waals surface area (Å²) in [5.74, 6) is -0.177. The smallest absolute Gasteiger partial charge is 0.251 e. The van der Waals surface area contributed by atoms with Crippen LogP contribution in [0.5, 0.6) is 0 Å².